The number of benzene rings is 3. The summed E-state index contributed by atoms with van der Waals surface area (Å²) in [5.74, 6) is 0. The van der Waals surface area contributed by atoms with Crippen molar-refractivity contribution in [3.05, 3.63) is 106 Å². The topological polar surface area (TPSA) is 39.9 Å². The van der Waals surface area contributed by atoms with E-state index in [1.54, 1.807) is 23.1 Å². The molecule has 0 amide bonds. The van der Waals surface area contributed by atoms with E-state index in [2.05, 4.69) is 34.3 Å². The Morgan fingerprint density at radius 1 is 0.833 bits per heavy atom. The molecule has 4 aromatic rings. The van der Waals surface area contributed by atoms with Gasteiger partial charge < -0.3 is 4.74 Å². The molecule has 0 radical (unpaired) electrons. The maximum absolute atomic E-state index is 6.43. The molecule has 0 aliphatic carbocycles. The average Bonchev–Trinajstić information content (AvgIpc) is 3.26. The van der Waals surface area contributed by atoms with Crippen molar-refractivity contribution in [1.29, 1.82) is 0 Å². The first-order valence-electron chi connectivity index (χ1n) is 9.32. The van der Waals surface area contributed by atoms with Crippen molar-refractivity contribution in [3.8, 4) is 11.1 Å². The standard InChI is InChI=1S/C23H18Cl3N3O/c24-19-7-5-18(6-8-19)17-3-1-16(2-4-17)13-30-23(12-29-15-27-14-28-29)21-10-9-20(25)11-22(21)26/h1-11,14-15,23H,12-13H2. The van der Waals surface area contributed by atoms with Crippen molar-refractivity contribution >= 4 is 34.8 Å². The fourth-order valence-electron chi connectivity index (χ4n) is 3.13. The van der Waals surface area contributed by atoms with Crippen molar-refractivity contribution in [2.24, 2.45) is 0 Å². The Morgan fingerprint density at radius 3 is 2.13 bits per heavy atom. The lowest BCUT2D eigenvalue weighted by molar-refractivity contribution is 0.0257. The van der Waals surface area contributed by atoms with E-state index in [4.69, 9.17) is 39.5 Å². The van der Waals surface area contributed by atoms with E-state index >= 15 is 0 Å². The van der Waals surface area contributed by atoms with Crippen molar-refractivity contribution in [1.82, 2.24) is 14.8 Å². The second-order valence-corrected chi connectivity index (χ2v) is 8.07. The van der Waals surface area contributed by atoms with Crippen molar-refractivity contribution in [3.63, 3.8) is 0 Å². The molecule has 0 saturated heterocycles. The Kier molecular flexibility index (Phi) is 6.70. The first-order valence-corrected chi connectivity index (χ1v) is 10.5. The van der Waals surface area contributed by atoms with Crippen LogP contribution in [0.1, 0.15) is 17.2 Å². The minimum Gasteiger partial charge on any atom is -0.367 e. The molecule has 0 saturated carbocycles. The van der Waals surface area contributed by atoms with Crippen molar-refractivity contribution in [2.75, 3.05) is 0 Å². The van der Waals surface area contributed by atoms with Crippen molar-refractivity contribution in [2.45, 2.75) is 19.3 Å². The predicted octanol–water partition coefficient (Wildman–Crippen LogP) is 6.86. The lowest BCUT2D eigenvalue weighted by Crippen LogP contribution is -2.14. The third-order valence-electron chi connectivity index (χ3n) is 4.71. The number of hydrogen-bond acceptors (Lipinski definition) is 3. The van der Waals surface area contributed by atoms with Crippen LogP contribution in [0.2, 0.25) is 15.1 Å². The Bertz CT molecular complexity index is 1100. The Morgan fingerprint density at radius 2 is 1.50 bits per heavy atom. The second-order valence-electron chi connectivity index (χ2n) is 6.79. The SMILES string of the molecule is Clc1ccc(-c2ccc(COC(Cn3cncn3)c3ccc(Cl)cc3Cl)cc2)cc1. The maximum atomic E-state index is 6.43. The smallest absolute Gasteiger partial charge is 0.137 e. The highest BCUT2D eigenvalue weighted by molar-refractivity contribution is 6.35. The molecule has 30 heavy (non-hydrogen) atoms. The Hall–Kier alpha value is -2.37. The molecule has 152 valence electrons. The van der Waals surface area contributed by atoms with Gasteiger partial charge in [0.15, 0.2) is 0 Å². The Labute approximate surface area is 190 Å². The molecule has 0 aliphatic heterocycles. The molecule has 0 spiro atoms. The summed E-state index contributed by atoms with van der Waals surface area (Å²) in [7, 11) is 0. The summed E-state index contributed by atoms with van der Waals surface area (Å²) in [6.07, 6.45) is 2.85. The van der Waals surface area contributed by atoms with Gasteiger partial charge in [-0.2, -0.15) is 5.10 Å². The molecule has 0 aliphatic rings. The molecular formula is C23H18Cl3N3O. The van der Waals surface area contributed by atoms with Gasteiger partial charge in [0, 0.05) is 20.6 Å². The molecule has 1 atom stereocenters. The van der Waals surface area contributed by atoms with E-state index in [0.717, 1.165) is 27.3 Å². The highest BCUT2D eigenvalue weighted by atomic mass is 35.5. The normalized spacial score (nSPS) is 12.1. The summed E-state index contributed by atoms with van der Waals surface area (Å²) in [6, 6.07) is 21.5. The van der Waals surface area contributed by atoms with E-state index in [-0.39, 0.29) is 6.10 Å². The zero-order chi connectivity index (χ0) is 20.9. The van der Waals surface area contributed by atoms with Crippen molar-refractivity contribution < 1.29 is 4.74 Å². The van der Waals surface area contributed by atoms with E-state index in [1.807, 2.05) is 30.3 Å². The third kappa shape index (κ3) is 5.21. The first-order chi connectivity index (χ1) is 14.6. The molecule has 7 heteroatoms. The third-order valence-corrected chi connectivity index (χ3v) is 5.53. The van der Waals surface area contributed by atoms with Gasteiger partial charge in [0.25, 0.3) is 0 Å². The highest BCUT2D eigenvalue weighted by Gasteiger charge is 2.17. The van der Waals surface area contributed by atoms with Crippen LogP contribution >= 0.6 is 34.8 Å². The minimum atomic E-state index is -0.299. The van der Waals surface area contributed by atoms with Crippen LogP contribution < -0.4 is 0 Å². The number of halogens is 3. The summed E-state index contributed by atoms with van der Waals surface area (Å²) in [6.45, 7) is 0.920. The van der Waals surface area contributed by atoms with Crippen LogP contribution in [-0.4, -0.2) is 14.8 Å². The van der Waals surface area contributed by atoms with Crippen LogP contribution in [0.4, 0.5) is 0 Å². The number of hydrogen-bond donors (Lipinski definition) is 0. The number of ether oxygens (including phenoxy) is 1. The van der Waals surface area contributed by atoms with E-state index in [0.29, 0.717) is 23.2 Å². The quantitative estimate of drug-likeness (QED) is 0.303. The molecule has 3 aromatic carbocycles. The van der Waals surface area contributed by atoms with E-state index in [1.165, 1.54) is 6.33 Å². The average molecular weight is 459 g/mol. The van der Waals surface area contributed by atoms with Gasteiger partial charge in [0.2, 0.25) is 0 Å². The van der Waals surface area contributed by atoms with Gasteiger partial charge in [-0.1, -0.05) is 77.3 Å². The summed E-state index contributed by atoms with van der Waals surface area (Å²) in [5.41, 5.74) is 4.15. The maximum Gasteiger partial charge on any atom is 0.137 e. The monoisotopic (exact) mass is 457 g/mol. The fourth-order valence-corrected chi connectivity index (χ4v) is 3.79. The molecule has 4 rings (SSSR count). The molecule has 1 heterocycles. The Balaban J connectivity index is 1.49. The number of nitrogens with zero attached hydrogens (tertiary/aromatic N) is 3. The molecule has 1 aromatic heterocycles. The zero-order valence-electron chi connectivity index (χ0n) is 15.9. The second kappa shape index (κ2) is 9.63. The van der Waals surface area contributed by atoms with Gasteiger partial charge in [0.1, 0.15) is 18.8 Å². The van der Waals surface area contributed by atoms with E-state index in [9.17, 15) is 0 Å². The molecule has 0 fully saturated rings. The molecular weight excluding hydrogens is 441 g/mol. The molecule has 1 unspecified atom stereocenters. The van der Waals surface area contributed by atoms with Gasteiger partial charge in [-0.05, 0) is 41.0 Å². The van der Waals surface area contributed by atoms with Gasteiger partial charge in [-0.15, -0.1) is 0 Å². The van der Waals surface area contributed by atoms with Gasteiger partial charge in [-0.25, -0.2) is 4.98 Å². The zero-order valence-corrected chi connectivity index (χ0v) is 18.1. The number of aromatic nitrogens is 3. The van der Waals surface area contributed by atoms with Gasteiger partial charge >= 0.3 is 0 Å². The van der Waals surface area contributed by atoms with Crippen LogP contribution in [0.25, 0.3) is 11.1 Å². The fraction of sp³-hybridized carbons (Fsp3) is 0.130. The molecule has 0 N–H and O–H groups in total. The van der Waals surface area contributed by atoms with Crippen LogP contribution in [0.5, 0.6) is 0 Å². The van der Waals surface area contributed by atoms with Gasteiger partial charge in [-0.3, -0.25) is 4.68 Å². The lowest BCUT2D eigenvalue weighted by atomic mass is 10.0. The van der Waals surface area contributed by atoms with Crippen LogP contribution in [-0.2, 0) is 17.9 Å². The van der Waals surface area contributed by atoms with Crippen LogP contribution in [0.15, 0.2) is 79.4 Å². The summed E-state index contributed by atoms with van der Waals surface area (Å²) < 4.78 is 7.96. The predicted molar refractivity (Wildman–Crippen MR) is 121 cm³/mol. The first kappa shape index (κ1) is 20.9. The summed E-state index contributed by atoms with van der Waals surface area (Å²) >= 11 is 18.5. The minimum absolute atomic E-state index is 0.299. The summed E-state index contributed by atoms with van der Waals surface area (Å²) in [5, 5.41) is 6.05. The van der Waals surface area contributed by atoms with E-state index < -0.39 is 0 Å². The van der Waals surface area contributed by atoms with Crippen LogP contribution in [0.3, 0.4) is 0 Å². The highest BCUT2D eigenvalue weighted by Crippen LogP contribution is 2.30. The summed E-state index contributed by atoms with van der Waals surface area (Å²) in [4.78, 5) is 4.00. The molecule has 0 bridgehead atoms. The lowest BCUT2D eigenvalue weighted by Gasteiger charge is -2.20. The van der Waals surface area contributed by atoms with Crippen LogP contribution in [0, 0.1) is 0 Å². The largest absolute Gasteiger partial charge is 0.367 e. The van der Waals surface area contributed by atoms with Gasteiger partial charge in [0.05, 0.1) is 13.2 Å². The molecule has 4 nitrogen and oxygen atoms in total. The number of rotatable bonds is 7.